The Morgan fingerprint density at radius 2 is 1.86 bits per heavy atom. The topological polar surface area (TPSA) is 46.5 Å². The summed E-state index contributed by atoms with van der Waals surface area (Å²) in [5, 5.41) is 7.12. The van der Waals surface area contributed by atoms with Gasteiger partial charge in [-0.3, -0.25) is 0 Å². The summed E-state index contributed by atoms with van der Waals surface area (Å²) in [6.07, 6.45) is 6.09. The highest BCUT2D eigenvalue weighted by molar-refractivity contribution is 5.55. The number of hydrogen-bond acceptors (Lipinski definition) is 2. The van der Waals surface area contributed by atoms with Crippen LogP contribution in [-0.4, -0.2) is 11.3 Å². The quantitative estimate of drug-likeness (QED) is 0.465. The van der Waals surface area contributed by atoms with E-state index in [0.717, 1.165) is 0 Å². The van der Waals surface area contributed by atoms with Gasteiger partial charge in [-0.2, -0.15) is 0 Å². The smallest absolute Gasteiger partial charge is 0.448 e. The molecule has 7 heavy (non-hydrogen) atoms. The molecule has 0 aromatic heterocycles. The Hall–Kier alpha value is -1.24. The maximum absolute atomic E-state index is 10.0. The summed E-state index contributed by atoms with van der Waals surface area (Å²) < 4.78 is 10.0. The molecular weight excluding hydrogens is 103 g/mol. The zero-order valence-corrected chi connectivity index (χ0v) is 3.30. The van der Waals surface area contributed by atoms with Crippen molar-refractivity contribution >= 4 is 6.16 Å². The molecule has 0 radical (unpaired) electrons. The zero-order chi connectivity index (χ0) is 6.28. The number of carboxylic acid groups (broad SMARTS) is 1. The van der Waals surface area contributed by atoms with Gasteiger partial charge >= 0.3 is 6.16 Å². The van der Waals surface area contributed by atoms with Crippen molar-refractivity contribution in [3.63, 3.8) is 0 Å². The van der Waals surface area contributed by atoms with Gasteiger partial charge in [0.2, 0.25) is 0 Å². The standard InChI is InChI=1S/C2H2.CHFO3/c1-2;2-5-1(3)4/h1-2H;(H,3,4). The van der Waals surface area contributed by atoms with Crippen LogP contribution in [0.25, 0.3) is 0 Å². The molecule has 0 saturated heterocycles. The number of hydrogen-bond donors (Lipinski definition) is 1. The second kappa shape index (κ2) is 8.83. The summed E-state index contributed by atoms with van der Waals surface area (Å²) in [5.74, 6) is 0. The number of halogens is 1. The Morgan fingerprint density at radius 3 is 1.86 bits per heavy atom. The third kappa shape index (κ3) is 62.8. The first kappa shape index (κ1) is 9.23. The lowest BCUT2D eigenvalue weighted by Gasteiger charge is -1.70. The maximum atomic E-state index is 10.0. The largest absolute Gasteiger partial charge is 0.542 e. The van der Waals surface area contributed by atoms with Crippen LogP contribution in [0.4, 0.5) is 9.32 Å². The summed E-state index contributed by atoms with van der Waals surface area (Å²) in [4.78, 5) is 10.9. The SMILES string of the molecule is C#C.O=C(O)OF. The van der Waals surface area contributed by atoms with Crippen molar-refractivity contribution in [1.82, 2.24) is 0 Å². The Labute approximate surface area is 39.6 Å². The number of terminal acetylenes is 1. The zero-order valence-electron chi connectivity index (χ0n) is 3.30. The van der Waals surface area contributed by atoms with E-state index < -0.39 is 6.16 Å². The van der Waals surface area contributed by atoms with Gasteiger partial charge in [-0.15, -0.1) is 12.8 Å². The van der Waals surface area contributed by atoms with Crippen LogP contribution in [0, 0.1) is 12.8 Å². The molecule has 0 unspecified atom stereocenters. The molecule has 4 heteroatoms. The van der Waals surface area contributed by atoms with E-state index >= 15 is 0 Å². The summed E-state index contributed by atoms with van der Waals surface area (Å²) in [6.45, 7) is 0. The van der Waals surface area contributed by atoms with Crippen LogP contribution < -0.4 is 0 Å². The predicted molar refractivity (Wildman–Crippen MR) is 20.1 cm³/mol. The van der Waals surface area contributed by atoms with Crippen molar-refractivity contribution < 1.29 is 19.4 Å². The van der Waals surface area contributed by atoms with Crippen molar-refractivity contribution in [3.05, 3.63) is 0 Å². The molecule has 0 aromatic carbocycles. The minimum Gasteiger partial charge on any atom is -0.448 e. The van der Waals surface area contributed by atoms with Crippen molar-refractivity contribution in [3.8, 4) is 12.8 Å². The predicted octanol–water partition coefficient (Wildman–Crippen LogP) is 0.815. The Balaban J connectivity index is 0. The molecule has 0 aromatic rings. The van der Waals surface area contributed by atoms with Crippen LogP contribution in [0.1, 0.15) is 0 Å². The molecule has 0 aliphatic rings. The molecule has 0 atom stereocenters. The number of carbonyl (C=O) groups is 1. The normalized spacial score (nSPS) is 5.00. The molecule has 0 spiro atoms. The molecular formula is C3H3FO3. The molecule has 1 N–H and O–H groups in total. The van der Waals surface area contributed by atoms with Crippen LogP contribution in [0.3, 0.4) is 0 Å². The van der Waals surface area contributed by atoms with Crippen molar-refractivity contribution in [2.24, 2.45) is 0 Å². The highest BCUT2D eigenvalue weighted by Gasteiger charge is 1.87. The Morgan fingerprint density at radius 1 is 1.71 bits per heavy atom. The van der Waals surface area contributed by atoms with E-state index in [9.17, 15) is 4.53 Å². The van der Waals surface area contributed by atoms with Gasteiger partial charge in [0.15, 0.2) is 0 Å². The average molecular weight is 106 g/mol. The van der Waals surface area contributed by atoms with Gasteiger partial charge < -0.3 is 5.11 Å². The Bertz CT molecular complexity index is 67.8. The van der Waals surface area contributed by atoms with Gasteiger partial charge in [-0.25, -0.2) is 9.74 Å². The molecule has 0 aliphatic carbocycles. The molecule has 0 rings (SSSR count). The monoisotopic (exact) mass is 106 g/mol. The summed E-state index contributed by atoms with van der Waals surface area (Å²) in [5.41, 5.74) is 0. The molecule has 0 bridgehead atoms. The summed E-state index contributed by atoms with van der Waals surface area (Å²) >= 11 is 0. The van der Waals surface area contributed by atoms with E-state index in [-0.39, 0.29) is 0 Å². The first-order chi connectivity index (χ1) is 3.27. The third-order valence-electron chi connectivity index (χ3n) is 0.0660. The second-order valence-corrected chi connectivity index (χ2v) is 0.343. The first-order valence-corrected chi connectivity index (χ1v) is 1.12. The van der Waals surface area contributed by atoms with E-state index in [4.69, 9.17) is 9.90 Å². The first-order valence-electron chi connectivity index (χ1n) is 1.12. The van der Waals surface area contributed by atoms with Crippen molar-refractivity contribution in [2.75, 3.05) is 0 Å². The van der Waals surface area contributed by atoms with E-state index in [2.05, 4.69) is 17.8 Å². The molecule has 0 heterocycles. The van der Waals surface area contributed by atoms with E-state index in [1.807, 2.05) is 0 Å². The van der Waals surface area contributed by atoms with Gasteiger partial charge in [0, 0.05) is 4.53 Å². The molecule has 40 valence electrons. The average Bonchev–Trinajstić information content (AvgIpc) is 1.73. The number of rotatable bonds is 0. The fourth-order valence-electron chi connectivity index (χ4n) is 0. The van der Waals surface area contributed by atoms with Crippen LogP contribution in [-0.2, 0) is 4.94 Å². The Kier molecular flexibility index (Phi) is 11.7. The van der Waals surface area contributed by atoms with Gasteiger partial charge in [-0.05, 0) is 0 Å². The summed E-state index contributed by atoms with van der Waals surface area (Å²) in [6, 6.07) is 0. The van der Waals surface area contributed by atoms with E-state index in [1.165, 1.54) is 0 Å². The van der Waals surface area contributed by atoms with Crippen molar-refractivity contribution in [1.29, 1.82) is 0 Å². The third-order valence-corrected chi connectivity index (χ3v) is 0.0660. The van der Waals surface area contributed by atoms with Gasteiger partial charge in [0.1, 0.15) is 0 Å². The van der Waals surface area contributed by atoms with E-state index in [0.29, 0.717) is 0 Å². The summed E-state index contributed by atoms with van der Waals surface area (Å²) in [7, 11) is 0. The lowest BCUT2D eigenvalue weighted by molar-refractivity contribution is -0.0884. The molecule has 0 aliphatic heterocycles. The lowest BCUT2D eigenvalue weighted by atomic mass is 11.4. The highest BCUT2D eigenvalue weighted by atomic mass is 19.3. The van der Waals surface area contributed by atoms with Crippen molar-refractivity contribution in [2.45, 2.75) is 0 Å². The minimum absolute atomic E-state index is 1.91. The van der Waals surface area contributed by atoms with Gasteiger partial charge in [0.25, 0.3) is 0 Å². The van der Waals surface area contributed by atoms with Crippen LogP contribution in [0.2, 0.25) is 0 Å². The van der Waals surface area contributed by atoms with E-state index in [1.54, 1.807) is 0 Å². The van der Waals surface area contributed by atoms with Gasteiger partial charge in [0.05, 0.1) is 0 Å². The fourth-order valence-corrected chi connectivity index (χ4v) is 0. The fraction of sp³-hybridized carbons (Fsp3) is 0. The highest BCUT2D eigenvalue weighted by Crippen LogP contribution is 1.69. The van der Waals surface area contributed by atoms with Crippen LogP contribution >= 0.6 is 0 Å². The molecule has 0 saturated carbocycles. The molecule has 3 nitrogen and oxygen atoms in total. The molecule has 0 fully saturated rings. The molecule has 0 amide bonds. The second-order valence-electron chi connectivity index (χ2n) is 0.343. The van der Waals surface area contributed by atoms with Gasteiger partial charge in [-0.1, -0.05) is 0 Å². The van der Waals surface area contributed by atoms with Crippen LogP contribution in [0.5, 0.6) is 0 Å². The minimum atomic E-state index is -1.91. The maximum Gasteiger partial charge on any atom is 0.542 e. The lowest BCUT2D eigenvalue weighted by Crippen LogP contribution is -1.86. The van der Waals surface area contributed by atoms with Crippen LogP contribution in [0.15, 0.2) is 0 Å².